The summed E-state index contributed by atoms with van der Waals surface area (Å²) >= 11 is 0. The zero-order chi connectivity index (χ0) is 20.7. The summed E-state index contributed by atoms with van der Waals surface area (Å²) in [6.07, 6.45) is -4.41. The van der Waals surface area contributed by atoms with Crippen LogP contribution in [0.3, 0.4) is 0 Å². The Morgan fingerprint density at radius 2 is 1.86 bits per heavy atom. The van der Waals surface area contributed by atoms with Crippen molar-refractivity contribution in [1.82, 2.24) is 20.0 Å². The fourth-order valence-electron chi connectivity index (χ4n) is 2.70. The van der Waals surface area contributed by atoms with Gasteiger partial charge in [-0.05, 0) is 18.2 Å². The Morgan fingerprint density at radius 1 is 1.18 bits per heavy atom. The number of benzene rings is 1. The first-order valence-electron chi connectivity index (χ1n) is 8.78. The predicted molar refractivity (Wildman–Crippen MR) is 98.4 cm³/mol. The molecule has 1 aliphatic heterocycles. The highest BCUT2D eigenvalue weighted by Crippen LogP contribution is 2.29. The van der Waals surface area contributed by atoms with Crippen LogP contribution in [0.15, 0.2) is 24.3 Å². The van der Waals surface area contributed by atoms with Crippen molar-refractivity contribution in [2.75, 3.05) is 53.4 Å². The maximum Gasteiger partial charge on any atom is 0.416 e. The van der Waals surface area contributed by atoms with Crippen LogP contribution in [0.5, 0.6) is 0 Å². The average molecular weight is 396 g/mol. The van der Waals surface area contributed by atoms with Crippen LogP contribution in [0.25, 0.3) is 0 Å². The van der Waals surface area contributed by atoms with Gasteiger partial charge in [0.2, 0.25) is 5.91 Å². The molecule has 0 aromatic heterocycles. The number of nitrogens with zero attached hydrogens (tertiary/aromatic N) is 3. The highest BCUT2D eigenvalue weighted by atomic mass is 19.4. The number of rotatable bonds is 3. The minimum absolute atomic E-state index is 0.0473. The molecule has 0 radical (unpaired) electrons. The minimum Gasteiger partial charge on any atom is -0.344 e. The number of halogens is 3. The Bertz CT molecular complexity index is 760. The molecule has 28 heavy (non-hydrogen) atoms. The fourth-order valence-corrected chi connectivity index (χ4v) is 2.70. The molecule has 1 N–H and O–H groups in total. The van der Waals surface area contributed by atoms with Crippen molar-refractivity contribution in [2.45, 2.75) is 6.18 Å². The Hall–Kier alpha value is -2.73. The zero-order valence-electron chi connectivity index (χ0n) is 15.8. The lowest BCUT2D eigenvalue weighted by Gasteiger charge is -2.35. The molecule has 0 aliphatic carbocycles. The van der Waals surface area contributed by atoms with Crippen molar-refractivity contribution < 1.29 is 22.8 Å². The molecule has 1 heterocycles. The molecule has 1 aliphatic rings. The van der Waals surface area contributed by atoms with Crippen molar-refractivity contribution in [3.8, 4) is 11.8 Å². The van der Waals surface area contributed by atoms with Crippen molar-refractivity contribution in [3.63, 3.8) is 0 Å². The summed E-state index contributed by atoms with van der Waals surface area (Å²) in [4.78, 5) is 29.0. The van der Waals surface area contributed by atoms with Crippen molar-refractivity contribution >= 4 is 11.9 Å². The van der Waals surface area contributed by atoms with Gasteiger partial charge in [0.25, 0.3) is 0 Å². The summed E-state index contributed by atoms with van der Waals surface area (Å²) in [5.41, 5.74) is -0.513. The fraction of sp³-hybridized carbons (Fsp3) is 0.474. The van der Waals surface area contributed by atoms with Gasteiger partial charge in [0.15, 0.2) is 0 Å². The van der Waals surface area contributed by atoms with Crippen LogP contribution in [0, 0.1) is 11.8 Å². The van der Waals surface area contributed by atoms with Crippen LogP contribution in [0.4, 0.5) is 18.0 Å². The van der Waals surface area contributed by atoms with E-state index in [9.17, 15) is 22.8 Å². The van der Waals surface area contributed by atoms with Crippen LogP contribution < -0.4 is 5.32 Å². The largest absolute Gasteiger partial charge is 0.416 e. The number of nitrogens with one attached hydrogen (secondary N) is 1. The molecule has 3 amide bonds. The van der Waals surface area contributed by atoms with Gasteiger partial charge in [0.05, 0.1) is 18.7 Å². The van der Waals surface area contributed by atoms with Crippen LogP contribution in [-0.2, 0) is 11.0 Å². The first-order valence-corrected chi connectivity index (χ1v) is 8.78. The third-order valence-electron chi connectivity index (χ3n) is 4.19. The smallest absolute Gasteiger partial charge is 0.344 e. The van der Waals surface area contributed by atoms with Gasteiger partial charge in [-0.3, -0.25) is 9.69 Å². The minimum atomic E-state index is -4.41. The Kier molecular flexibility index (Phi) is 7.29. The Labute approximate surface area is 162 Å². The number of hydrogen-bond donors (Lipinski definition) is 1. The van der Waals surface area contributed by atoms with Crippen LogP contribution >= 0.6 is 0 Å². The molecule has 0 saturated carbocycles. The lowest BCUT2D eigenvalue weighted by atomic mass is 10.1. The molecule has 6 nitrogen and oxygen atoms in total. The van der Waals surface area contributed by atoms with Crippen molar-refractivity contribution in [3.05, 3.63) is 35.4 Å². The van der Waals surface area contributed by atoms with Gasteiger partial charge in [-0.1, -0.05) is 17.9 Å². The summed E-state index contributed by atoms with van der Waals surface area (Å²) in [5, 5.41) is 2.63. The van der Waals surface area contributed by atoms with Gasteiger partial charge in [0, 0.05) is 45.8 Å². The molecule has 152 valence electrons. The summed E-state index contributed by atoms with van der Waals surface area (Å²) in [7, 11) is 3.39. The standard InChI is InChI=1S/C19H23F3N4O2/c1-24(2)18(28)26-11-9-25(10-12-26)14-17(27)23-8-4-6-15-5-3-7-16(13-15)19(20,21)22/h3,5,7,13H,8-12,14H2,1-2H3,(H,23,27). The highest BCUT2D eigenvalue weighted by molar-refractivity contribution is 5.78. The molecular formula is C19H23F3N4O2. The molecule has 1 aromatic carbocycles. The number of carbonyl (C=O) groups excluding carboxylic acids is 2. The maximum atomic E-state index is 12.7. The van der Waals surface area contributed by atoms with Crippen LogP contribution in [0.2, 0.25) is 0 Å². The summed E-state index contributed by atoms with van der Waals surface area (Å²) < 4.78 is 38.0. The van der Waals surface area contributed by atoms with E-state index in [4.69, 9.17) is 0 Å². The monoisotopic (exact) mass is 396 g/mol. The number of piperazine rings is 1. The van der Waals surface area contributed by atoms with Gasteiger partial charge in [0.1, 0.15) is 0 Å². The Balaban J connectivity index is 1.75. The third kappa shape index (κ3) is 6.46. The summed E-state index contributed by atoms with van der Waals surface area (Å²) in [5.74, 6) is 5.06. The lowest BCUT2D eigenvalue weighted by molar-refractivity contribution is -0.137. The van der Waals surface area contributed by atoms with E-state index >= 15 is 0 Å². The molecule has 1 fully saturated rings. The first-order chi connectivity index (χ1) is 13.2. The first kappa shape index (κ1) is 21.6. The number of carbonyl (C=O) groups is 2. The summed E-state index contributed by atoms with van der Waals surface area (Å²) in [6, 6.07) is 4.70. The number of urea groups is 1. The number of hydrogen-bond acceptors (Lipinski definition) is 3. The van der Waals surface area contributed by atoms with Gasteiger partial charge >= 0.3 is 12.2 Å². The highest BCUT2D eigenvalue weighted by Gasteiger charge is 2.30. The molecule has 1 saturated heterocycles. The summed E-state index contributed by atoms with van der Waals surface area (Å²) in [6.45, 7) is 2.55. The molecule has 0 bridgehead atoms. The second-order valence-electron chi connectivity index (χ2n) is 6.60. The quantitative estimate of drug-likeness (QED) is 0.788. The maximum absolute atomic E-state index is 12.7. The van der Waals surface area contributed by atoms with Crippen molar-refractivity contribution in [1.29, 1.82) is 0 Å². The van der Waals surface area contributed by atoms with Crippen LogP contribution in [-0.4, -0.2) is 80.0 Å². The van der Waals surface area contributed by atoms with E-state index in [1.807, 2.05) is 4.90 Å². The SMILES string of the molecule is CN(C)C(=O)N1CCN(CC(=O)NCC#Cc2cccc(C(F)(F)F)c2)CC1. The number of alkyl halides is 3. The van der Waals surface area contributed by atoms with E-state index in [-0.39, 0.29) is 30.6 Å². The molecule has 0 unspecified atom stereocenters. The predicted octanol–water partition coefficient (Wildman–Crippen LogP) is 1.47. The molecule has 1 aromatic rings. The van der Waals surface area contributed by atoms with E-state index in [1.165, 1.54) is 17.0 Å². The second kappa shape index (κ2) is 9.46. The van der Waals surface area contributed by atoms with Gasteiger partial charge in [-0.15, -0.1) is 0 Å². The van der Waals surface area contributed by atoms with Crippen LogP contribution in [0.1, 0.15) is 11.1 Å². The van der Waals surface area contributed by atoms with Crippen molar-refractivity contribution in [2.24, 2.45) is 0 Å². The molecule has 0 spiro atoms. The molecule has 0 atom stereocenters. The van der Waals surface area contributed by atoms with E-state index in [0.717, 1.165) is 12.1 Å². The van der Waals surface area contributed by atoms with E-state index in [2.05, 4.69) is 17.2 Å². The zero-order valence-corrected chi connectivity index (χ0v) is 15.8. The second-order valence-corrected chi connectivity index (χ2v) is 6.60. The topological polar surface area (TPSA) is 55.9 Å². The Morgan fingerprint density at radius 3 is 2.46 bits per heavy atom. The molecule has 2 rings (SSSR count). The normalized spacial score (nSPS) is 14.8. The average Bonchev–Trinajstić information content (AvgIpc) is 2.65. The van der Waals surface area contributed by atoms with E-state index in [1.54, 1.807) is 19.0 Å². The molecule has 9 heteroatoms. The lowest BCUT2D eigenvalue weighted by Crippen LogP contribution is -2.53. The van der Waals surface area contributed by atoms with E-state index in [0.29, 0.717) is 26.2 Å². The molecular weight excluding hydrogens is 373 g/mol. The van der Waals surface area contributed by atoms with E-state index < -0.39 is 11.7 Å². The van der Waals surface area contributed by atoms with Gasteiger partial charge < -0.3 is 15.1 Å². The number of amides is 3. The van der Waals surface area contributed by atoms with Gasteiger partial charge in [-0.25, -0.2) is 4.79 Å². The third-order valence-corrected chi connectivity index (χ3v) is 4.19. The van der Waals surface area contributed by atoms with Gasteiger partial charge in [-0.2, -0.15) is 13.2 Å².